The molecule has 0 bridgehead atoms. The molecule has 0 unspecified atom stereocenters. The molecule has 1 heterocycles. The van der Waals surface area contributed by atoms with Crippen LogP contribution in [0.4, 0.5) is 5.69 Å². The number of benzene rings is 2. The Kier molecular flexibility index (Phi) is 4.16. The second-order valence-electron chi connectivity index (χ2n) is 5.16. The van der Waals surface area contributed by atoms with E-state index in [9.17, 15) is 0 Å². The highest BCUT2D eigenvalue weighted by Crippen LogP contribution is 2.30. The van der Waals surface area contributed by atoms with Crippen LogP contribution in [0.2, 0.25) is 0 Å². The van der Waals surface area contributed by atoms with Crippen molar-refractivity contribution in [3.8, 4) is 17.1 Å². The van der Waals surface area contributed by atoms with Crippen LogP contribution in [0.3, 0.4) is 0 Å². The molecule has 0 fully saturated rings. The van der Waals surface area contributed by atoms with Crippen LogP contribution in [0.5, 0.6) is 5.75 Å². The lowest BCUT2D eigenvalue weighted by Gasteiger charge is -2.11. The van der Waals surface area contributed by atoms with Crippen molar-refractivity contribution in [1.29, 1.82) is 0 Å². The molecule has 23 heavy (non-hydrogen) atoms. The lowest BCUT2D eigenvalue weighted by Crippen LogP contribution is -2.17. The third-order valence-electron chi connectivity index (χ3n) is 3.54. The minimum Gasteiger partial charge on any atom is -0.492 e. The number of para-hydroxylation sites is 2. The van der Waals surface area contributed by atoms with E-state index in [-0.39, 0.29) is 0 Å². The van der Waals surface area contributed by atoms with Gasteiger partial charge in [0.25, 0.3) is 0 Å². The molecule has 0 atom stereocenters. The van der Waals surface area contributed by atoms with Gasteiger partial charge in [-0.1, -0.05) is 24.4 Å². The van der Waals surface area contributed by atoms with Gasteiger partial charge in [0.1, 0.15) is 11.6 Å². The highest BCUT2D eigenvalue weighted by molar-refractivity contribution is 7.80. The minimum atomic E-state index is 0.410. The SMILES string of the molecule is CCOc1ccc(-c2nc3ccccc3n2CC(N)=S)cc1N. The van der Waals surface area contributed by atoms with Crippen molar-refractivity contribution in [3.05, 3.63) is 42.5 Å². The van der Waals surface area contributed by atoms with E-state index in [1.165, 1.54) is 0 Å². The van der Waals surface area contributed by atoms with E-state index in [1.54, 1.807) is 0 Å². The zero-order valence-corrected chi connectivity index (χ0v) is 13.6. The molecule has 0 amide bonds. The van der Waals surface area contributed by atoms with Gasteiger partial charge >= 0.3 is 0 Å². The quantitative estimate of drug-likeness (QED) is 0.556. The number of hydrogen-bond donors (Lipinski definition) is 2. The van der Waals surface area contributed by atoms with Gasteiger partial charge in [-0.2, -0.15) is 0 Å². The van der Waals surface area contributed by atoms with Crippen LogP contribution in [0, 0.1) is 0 Å². The van der Waals surface area contributed by atoms with Gasteiger partial charge in [-0.05, 0) is 37.3 Å². The topological polar surface area (TPSA) is 79.1 Å². The van der Waals surface area contributed by atoms with E-state index in [2.05, 4.69) is 0 Å². The van der Waals surface area contributed by atoms with Gasteiger partial charge in [0.05, 0.1) is 34.9 Å². The standard InChI is InChI=1S/C17H18N4OS/c1-2-22-15-8-7-11(9-12(15)18)17-20-13-5-3-4-6-14(13)21(17)10-16(19)23/h3-9H,2,10,18H2,1H3,(H2,19,23). The molecule has 0 saturated carbocycles. The molecule has 4 N–H and O–H groups in total. The van der Waals surface area contributed by atoms with Gasteiger partial charge in [-0.15, -0.1) is 0 Å². The summed E-state index contributed by atoms with van der Waals surface area (Å²) < 4.78 is 7.49. The summed E-state index contributed by atoms with van der Waals surface area (Å²) in [5, 5.41) is 0. The van der Waals surface area contributed by atoms with Crippen LogP contribution in [0.15, 0.2) is 42.5 Å². The number of fused-ring (bicyclic) bond motifs is 1. The van der Waals surface area contributed by atoms with Crippen molar-refractivity contribution in [2.45, 2.75) is 13.5 Å². The van der Waals surface area contributed by atoms with Crippen LogP contribution in [-0.2, 0) is 6.54 Å². The third-order valence-corrected chi connectivity index (χ3v) is 3.67. The monoisotopic (exact) mass is 326 g/mol. The van der Waals surface area contributed by atoms with Crippen molar-refractivity contribution in [2.24, 2.45) is 5.73 Å². The van der Waals surface area contributed by atoms with E-state index in [1.807, 2.05) is 54.0 Å². The number of nitrogen functional groups attached to an aromatic ring is 1. The Hall–Kier alpha value is -2.60. The van der Waals surface area contributed by atoms with Crippen molar-refractivity contribution in [2.75, 3.05) is 12.3 Å². The lowest BCUT2D eigenvalue weighted by molar-refractivity contribution is 0.342. The summed E-state index contributed by atoms with van der Waals surface area (Å²) in [6.45, 7) is 2.93. The van der Waals surface area contributed by atoms with Crippen molar-refractivity contribution in [3.63, 3.8) is 0 Å². The highest BCUT2D eigenvalue weighted by atomic mass is 32.1. The predicted octanol–water partition coefficient (Wildman–Crippen LogP) is 2.97. The van der Waals surface area contributed by atoms with E-state index in [0.29, 0.717) is 29.6 Å². The zero-order valence-electron chi connectivity index (χ0n) is 12.8. The lowest BCUT2D eigenvalue weighted by atomic mass is 10.1. The number of hydrogen-bond acceptors (Lipinski definition) is 4. The molecular formula is C17H18N4OS. The van der Waals surface area contributed by atoms with Gasteiger partial charge in [-0.25, -0.2) is 4.98 Å². The van der Waals surface area contributed by atoms with Gasteiger partial charge in [-0.3, -0.25) is 0 Å². The number of rotatable bonds is 5. The minimum absolute atomic E-state index is 0.410. The predicted molar refractivity (Wildman–Crippen MR) is 97.5 cm³/mol. The van der Waals surface area contributed by atoms with Crippen LogP contribution < -0.4 is 16.2 Å². The van der Waals surface area contributed by atoms with Crippen LogP contribution in [-0.4, -0.2) is 21.1 Å². The van der Waals surface area contributed by atoms with E-state index in [0.717, 1.165) is 22.4 Å². The zero-order chi connectivity index (χ0) is 16.4. The fourth-order valence-corrected chi connectivity index (χ4v) is 2.72. The van der Waals surface area contributed by atoms with Crippen molar-refractivity contribution < 1.29 is 4.74 Å². The van der Waals surface area contributed by atoms with Crippen molar-refractivity contribution >= 4 is 33.9 Å². The normalized spacial score (nSPS) is 10.8. The number of ether oxygens (including phenoxy) is 1. The Balaban J connectivity index is 2.15. The molecule has 0 spiro atoms. The number of anilines is 1. The number of nitrogens with two attached hydrogens (primary N) is 2. The molecule has 6 heteroatoms. The van der Waals surface area contributed by atoms with Crippen molar-refractivity contribution in [1.82, 2.24) is 9.55 Å². The molecule has 0 aliphatic carbocycles. The van der Waals surface area contributed by atoms with Gasteiger partial charge < -0.3 is 20.8 Å². The average molecular weight is 326 g/mol. The first-order valence-corrected chi connectivity index (χ1v) is 7.77. The molecule has 1 aromatic heterocycles. The summed E-state index contributed by atoms with van der Waals surface area (Å²) in [4.78, 5) is 5.11. The Bertz CT molecular complexity index is 872. The average Bonchev–Trinajstić information content (AvgIpc) is 2.88. The Morgan fingerprint density at radius 2 is 2.04 bits per heavy atom. The maximum atomic E-state index is 6.08. The molecule has 118 valence electrons. The highest BCUT2D eigenvalue weighted by Gasteiger charge is 2.14. The van der Waals surface area contributed by atoms with Crippen LogP contribution >= 0.6 is 12.2 Å². The summed E-state index contributed by atoms with van der Waals surface area (Å²) in [7, 11) is 0. The van der Waals surface area contributed by atoms with Crippen LogP contribution in [0.1, 0.15) is 6.92 Å². The maximum absolute atomic E-state index is 6.08. The summed E-state index contributed by atoms with van der Waals surface area (Å²) in [6.07, 6.45) is 0. The van der Waals surface area contributed by atoms with Crippen LogP contribution in [0.25, 0.3) is 22.4 Å². The first kappa shape index (κ1) is 15.3. The number of imidazole rings is 1. The second-order valence-corrected chi connectivity index (χ2v) is 5.69. The first-order valence-electron chi connectivity index (χ1n) is 7.36. The molecule has 0 aliphatic heterocycles. The molecule has 0 saturated heterocycles. The largest absolute Gasteiger partial charge is 0.492 e. The second kappa shape index (κ2) is 6.26. The number of aromatic nitrogens is 2. The summed E-state index contributed by atoms with van der Waals surface area (Å²) in [5.74, 6) is 1.46. The molecular weight excluding hydrogens is 308 g/mol. The fourth-order valence-electron chi connectivity index (χ4n) is 2.59. The number of thiocarbonyl (C=S) groups is 1. The van der Waals surface area contributed by atoms with Gasteiger partial charge in [0, 0.05) is 5.56 Å². The smallest absolute Gasteiger partial charge is 0.142 e. The Morgan fingerprint density at radius 3 is 2.74 bits per heavy atom. The molecule has 2 aromatic carbocycles. The third kappa shape index (κ3) is 2.98. The maximum Gasteiger partial charge on any atom is 0.142 e. The van der Waals surface area contributed by atoms with Gasteiger partial charge in [0.15, 0.2) is 0 Å². The Labute approximate surface area is 139 Å². The van der Waals surface area contributed by atoms with E-state index >= 15 is 0 Å². The molecule has 5 nitrogen and oxygen atoms in total. The Morgan fingerprint density at radius 1 is 1.26 bits per heavy atom. The summed E-state index contributed by atoms with van der Waals surface area (Å²) >= 11 is 5.08. The first-order chi connectivity index (χ1) is 11.1. The molecule has 0 radical (unpaired) electrons. The van der Waals surface area contributed by atoms with E-state index < -0.39 is 0 Å². The number of nitrogens with zero attached hydrogens (tertiary/aromatic N) is 2. The molecule has 0 aliphatic rings. The van der Waals surface area contributed by atoms with E-state index in [4.69, 9.17) is 33.4 Å². The summed E-state index contributed by atoms with van der Waals surface area (Å²) in [6, 6.07) is 13.6. The summed E-state index contributed by atoms with van der Waals surface area (Å²) in [5.41, 5.74) is 15.2. The fraction of sp³-hybridized carbons (Fsp3) is 0.176. The molecule has 3 rings (SSSR count). The molecule has 3 aromatic rings. The van der Waals surface area contributed by atoms with Gasteiger partial charge in [0.2, 0.25) is 0 Å².